The van der Waals surface area contributed by atoms with Gasteiger partial charge in [-0.1, -0.05) is 78.9 Å². The number of aliphatic carboxylic acids is 1. The van der Waals surface area contributed by atoms with Crippen molar-refractivity contribution in [3.8, 4) is 11.1 Å². The Morgan fingerprint density at radius 2 is 1.59 bits per heavy atom. The third kappa shape index (κ3) is 5.96. The van der Waals surface area contributed by atoms with Crippen molar-refractivity contribution in [3.63, 3.8) is 0 Å². The quantitative estimate of drug-likeness (QED) is 0.347. The number of nitrogens with one attached hydrogen (secondary N) is 2. The molecule has 0 bridgehead atoms. The summed E-state index contributed by atoms with van der Waals surface area (Å²) in [5.41, 5.74) is 4.10. The lowest BCUT2D eigenvalue weighted by molar-refractivity contribution is -0.146. The molecule has 3 N–H and O–H groups in total. The number of carbonyl (C=O) groups excluding carboxylic acids is 2. The van der Waals surface area contributed by atoms with E-state index in [4.69, 9.17) is 9.47 Å². The molecule has 9 heteroatoms. The van der Waals surface area contributed by atoms with Crippen molar-refractivity contribution >= 4 is 18.0 Å². The summed E-state index contributed by atoms with van der Waals surface area (Å²) in [5, 5.41) is 15.2. The zero-order valence-corrected chi connectivity index (χ0v) is 23.2. The number of carboxylic acids is 1. The summed E-state index contributed by atoms with van der Waals surface area (Å²) < 4.78 is 10.9. The maximum absolute atomic E-state index is 13.7. The van der Waals surface area contributed by atoms with Gasteiger partial charge in [-0.05, 0) is 41.2 Å². The van der Waals surface area contributed by atoms with E-state index in [1.165, 1.54) is 7.11 Å². The number of fused-ring (bicyclic) bond motifs is 3. The van der Waals surface area contributed by atoms with Crippen LogP contribution in [0.1, 0.15) is 36.0 Å². The molecule has 3 aromatic rings. The first-order chi connectivity index (χ1) is 19.8. The maximum Gasteiger partial charge on any atom is 0.408 e. The fourth-order valence-electron chi connectivity index (χ4n) is 5.83. The number of amides is 2. The molecule has 9 nitrogen and oxygen atoms in total. The van der Waals surface area contributed by atoms with Crippen LogP contribution in [0.15, 0.2) is 78.9 Å². The second-order valence-electron chi connectivity index (χ2n) is 10.7. The Morgan fingerprint density at radius 1 is 0.976 bits per heavy atom. The van der Waals surface area contributed by atoms with Crippen molar-refractivity contribution in [2.24, 2.45) is 0 Å². The monoisotopic (exact) mass is 557 g/mol. The lowest BCUT2D eigenvalue weighted by Gasteiger charge is -2.31. The van der Waals surface area contributed by atoms with Gasteiger partial charge in [0.15, 0.2) is 6.04 Å². The molecular formula is C32H35N3O6. The number of rotatable bonds is 10. The summed E-state index contributed by atoms with van der Waals surface area (Å²) in [6.07, 6.45) is -1.20. The van der Waals surface area contributed by atoms with E-state index < -0.39 is 35.7 Å². The Balaban J connectivity index is 1.33. The SMILES string of the molecule is CO[C@H](C)[C@H](NC(=O)C1(NC(=O)OCC2c3ccccc3-c3ccccc32)CCN(Cc2ccccc2)C1)C(=O)O. The predicted octanol–water partition coefficient (Wildman–Crippen LogP) is 3.77. The first-order valence-electron chi connectivity index (χ1n) is 13.8. The zero-order chi connectivity index (χ0) is 29.0. The molecule has 1 saturated heterocycles. The number of likely N-dealkylation sites (tertiary alicyclic amines) is 1. The highest BCUT2D eigenvalue weighted by atomic mass is 16.5. The zero-order valence-electron chi connectivity index (χ0n) is 23.2. The summed E-state index contributed by atoms with van der Waals surface area (Å²) in [6, 6.07) is 24.7. The molecule has 1 fully saturated rings. The van der Waals surface area contributed by atoms with Gasteiger partial charge in [0, 0.05) is 32.7 Å². The number of hydrogen-bond donors (Lipinski definition) is 3. The van der Waals surface area contributed by atoms with Gasteiger partial charge in [-0.3, -0.25) is 9.69 Å². The summed E-state index contributed by atoms with van der Waals surface area (Å²) in [5.74, 6) is -1.93. The molecule has 3 atom stereocenters. The molecule has 1 unspecified atom stereocenters. The molecule has 0 saturated carbocycles. The fourth-order valence-corrected chi connectivity index (χ4v) is 5.83. The highest BCUT2D eigenvalue weighted by Gasteiger charge is 2.48. The lowest BCUT2D eigenvalue weighted by Crippen LogP contribution is -2.64. The van der Waals surface area contributed by atoms with Crippen LogP contribution < -0.4 is 10.6 Å². The normalized spacial score (nSPS) is 19.6. The van der Waals surface area contributed by atoms with Crippen LogP contribution in [-0.4, -0.2) is 72.5 Å². The summed E-state index contributed by atoms with van der Waals surface area (Å²) in [4.78, 5) is 41.0. The molecule has 1 aliphatic heterocycles. The van der Waals surface area contributed by atoms with Gasteiger partial charge < -0.3 is 25.2 Å². The summed E-state index contributed by atoms with van der Waals surface area (Å²) in [6.45, 7) is 2.99. The molecule has 1 heterocycles. The van der Waals surface area contributed by atoms with Gasteiger partial charge >= 0.3 is 12.1 Å². The Labute approximate surface area is 239 Å². The minimum atomic E-state index is -1.38. The van der Waals surface area contributed by atoms with E-state index >= 15 is 0 Å². The highest BCUT2D eigenvalue weighted by molar-refractivity contribution is 5.93. The number of carbonyl (C=O) groups is 3. The van der Waals surface area contributed by atoms with Gasteiger partial charge in [0.1, 0.15) is 12.1 Å². The van der Waals surface area contributed by atoms with Gasteiger partial charge in [-0.25, -0.2) is 9.59 Å². The molecular weight excluding hydrogens is 522 g/mol. The van der Waals surface area contributed by atoms with Crippen molar-refractivity contribution in [2.75, 3.05) is 26.8 Å². The lowest BCUT2D eigenvalue weighted by atomic mass is 9.96. The van der Waals surface area contributed by atoms with Crippen molar-refractivity contribution in [3.05, 3.63) is 95.6 Å². The van der Waals surface area contributed by atoms with E-state index in [0.29, 0.717) is 19.5 Å². The smallest absolute Gasteiger partial charge is 0.408 e. The maximum atomic E-state index is 13.7. The van der Waals surface area contributed by atoms with Gasteiger partial charge in [0.25, 0.3) is 0 Å². The second kappa shape index (κ2) is 12.1. The van der Waals surface area contributed by atoms with Crippen LogP contribution in [0.3, 0.4) is 0 Å². The molecule has 2 amide bonds. The average Bonchev–Trinajstić information content (AvgIpc) is 3.54. The minimum Gasteiger partial charge on any atom is -0.480 e. The van der Waals surface area contributed by atoms with E-state index in [1.54, 1.807) is 6.92 Å². The molecule has 5 rings (SSSR count). The van der Waals surface area contributed by atoms with Crippen molar-refractivity contribution in [1.82, 2.24) is 15.5 Å². The first-order valence-corrected chi connectivity index (χ1v) is 13.8. The van der Waals surface area contributed by atoms with E-state index in [2.05, 4.69) is 27.7 Å². The van der Waals surface area contributed by atoms with Crippen LogP contribution in [-0.2, 0) is 25.6 Å². The topological polar surface area (TPSA) is 117 Å². The van der Waals surface area contributed by atoms with E-state index in [-0.39, 0.29) is 19.1 Å². The van der Waals surface area contributed by atoms with E-state index in [9.17, 15) is 19.5 Å². The number of methoxy groups -OCH3 is 1. The van der Waals surface area contributed by atoms with E-state index in [1.807, 2.05) is 66.7 Å². The molecule has 0 aromatic heterocycles. The van der Waals surface area contributed by atoms with Crippen molar-refractivity contribution in [2.45, 2.75) is 43.5 Å². The Bertz CT molecular complexity index is 1370. The first kappa shape index (κ1) is 28.3. The van der Waals surface area contributed by atoms with Crippen LogP contribution in [0.5, 0.6) is 0 Å². The Morgan fingerprint density at radius 3 is 2.20 bits per heavy atom. The van der Waals surface area contributed by atoms with Crippen LogP contribution in [0.4, 0.5) is 4.79 Å². The number of benzene rings is 3. The molecule has 41 heavy (non-hydrogen) atoms. The third-order valence-corrected chi connectivity index (χ3v) is 8.11. The van der Waals surface area contributed by atoms with E-state index in [0.717, 1.165) is 27.8 Å². The van der Waals surface area contributed by atoms with Crippen LogP contribution >= 0.6 is 0 Å². The number of hydrogen-bond acceptors (Lipinski definition) is 6. The minimum absolute atomic E-state index is 0.101. The number of carboxylic acid groups (broad SMARTS) is 1. The van der Waals surface area contributed by atoms with Crippen LogP contribution in [0.25, 0.3) is 11.1 Å². The summed E-state index contributed by atoms with van der Waals surface area (Å²) in [7, 11) is 1.38. The molecule has 2 aliphatic rings. The predicted molar refractivity (Wildman–Crippen MR) is 153 cm³/mol. The Hall–Kier alpha value is -4.21. The van der Waals surface area contributed by atoms with Crippen LogP contribution in [0, 0.1) is 0 Å². The van der Waals surface area contributed by atoms with Crippen molar-refractivity contribution in [1.29, 1.82) is 0 Å². The van der Waals surface area contributed by atoms with Crippen LogP contribution in [0.2, 0.25) is 0 Å². The summed E-state index contributed by atoms with van der Waals surface area (Å²) >= 11 is 0. The third-order valence-electron chi connectivity index (χ3n) is 8.11. The standard InChI is InChI=1S/C32H35N3O6/c1-21(40-2)28(29(36)37)33-30(38)32(16-17-35(20-32)18-22-10-4-3-5-11-22)34-31(39)41-19-27-25-14-8-6-12-23(25)24-13-7-9-15-26(24)27/h3-15,21,27-28H,16-20H2,1-2H3,(H,33,38)(H,34,39)(H,36,37)/t21-,28+,32?/m1/s1. The number of alkyl carbamates (subject to hydrolysis) is 1. The van der Waals surface area contributed by atoms with Gasteiger partial charge in [-0.2, -0.15) is 0 Å². The molecule has 1 aliphatic carbocycles. The average molecular weight is 558 g/mol. The highest BCUT2D eigenvalue weighted by Crippen LogP contribution is 2.44. The number of nitrogens with zero attached hydrogens (tertiary/aromatic N) is 1. The molecule has 0 spiro atoms. The Kier molecular flexibility index (Phi) is 8.37. The van der Waals surface area contributed by atoms with Gasteiger partial charge in [0.05, 0.1) is 6.10 Å². The van der Waals surface area contributed by atoms with Gasteiger partial charge in [-0.15, -0.1) is 0 Å². The molecule has 0 radical (unpaired) electrons. The molecule has 214 valence electrons. The largest absolute Gasteiger partial charge is 0.480 e. The molecule has 3 aromatic carbocycles. The fraction of sp³-hybridized carbons (Fsp3) is 0.344. The van der Waals surface area contributed by atoms with Crippen molar-refractivity contribution < 1.29 is 29.0 Å². The number of ether oxygens (including phenoxy) is 2. The van der Waals surface area contributed by atoms with Gasteiger partial charge in [0.2, 0.25) is 5.91 Å². The second-order valence-corrected chi connectivity index (χ2v) is 10.7.